The van der Waals surface area contributed by atoms with E-state index in [1.54, 1.807) is 0 Å². The van der Waals surface area contributed by atoms with E-state index < -0.39 is 0 Å². The third-order valence-corrected chi connectivity index (χ3v) is 1.73. The van der Waals surface area contributed by atoms with Gasteiger partial charge in [0.2, 0.25) is 0 Å². The molecule has 1 aliphatic heterocycles. The van der Waals surface area contributed by atoms with Gasteiger partial charge in [0.1, 0.15) is 6.29 Å². The fourth-order valence-electron chi connectivity index (χ4n) is 0.889. The Labute approximate surface area is 79.8 Å². The average Bonchev–Trinajstić information content (AvgIpc) is 2.72. The molecule has 0 aromatic carbocycles. The van der Waals surface area contributed by atoms with Gasteiger partial charge < -0.3 is 20.6 Å². The number of rotatable bonds is 4. The van der Waals surface area contributed by atoms with Crippen molar-refractivity contribution in [3.05, 3.63) is 0 Å². The molecule has 3 N–H and O–H groups in total. The van der Waals surface area contributed by atoms with E-state index in [0.717, 1.165) is 32.5 Å². The van der Waals surface area contributed by atoms with Crippen LogP contribution in [0, 0.1) is 0 Å². The van der Waals surface area contributed by atoms with Gasteiger partial charge in [-0.3, -0.25) is 0 Å². The summed E-state index contributed by atoms with van der Waals surface area (Å²) < 4.78 is 4.94. The van der Waals surface area contributed by atoms with Gasteiger partial charge in [-0.15, -0.1) is 0 Å². The van der Waals surface area contributed by atoms with Crippen LogP contribution in [0.1, 0.15) is 19.3 Å². The number of nitrogens with one attached hydrogen (secondary N) is 1. The molecule has 13 heavy (non-hydrogen) atoms. The summed E-state index contributed by atoms with van der Waals surface area (Å²) in [5.41, 5.74) is 5.25. The van der Waals surface area contributed by atoms with E-state index in [1.165, 1.54) is 12.8 Å². The zero-order chi connectivity index (χ0) is 9.94. The number of nitrogens with two attached hydrogens (primary N) is 1. The summed E-state index contributed by atoms with van der Waals surface area (Å²) in [5, 5.41) is 2.89. The van der Waals surface area contributed by atoms with Crippen molar-refractivity contribution in [1.82, 2.24) is 5.32 Å². The van der Waals surface area contributed by atoms with Crippen LogP contribution in [0.3, 0.4) is 0 Å². The summed E-state index contributed by atoms with van der Waals surface area (Å²) >= 11 is 0. The van der Waals surface area contributed by atoms with E-state index >= 15 is 0 Å². The molecular formula is C9H20N2O2. The van der Waals surface area contributed by atoms with Gasteiger partial charge in [0, 0.05) is 13.2 Å². The first kappa shape index (κ1) is 12.6. The molecule has 4 nitrogen and oxygen atoms in total. The van der Waals surface area contributed by atoms with Crippen molar-refractivity contribution in [2.75, 3.05) is 26.8 Å². The van der Waals surface area contributed by atoms with Crippen molar-refractivity contribution in [2.45, 2.75) is 25.3 Å². The minimum absolute atomic E-state index is 0.289. The lowest BCUT2D eigenvalue weighted by atomic mass is 10.2. The van der Waals surface area contributed by atoms with E-state index in [-0.39, 0.29) is 6.04 Å². The lowest BCUT2D eigenvalue weighted by Crippen LogP contribution is -2.25. The van der Waals surface area contributed by atoms with Gasteiger partial charge in [-0.1, -0.05) is 0 Å². The van der Waals surface area contributed by atoms with Crippen LogP contribution in [0.5, 0.6) is 0 Å². The number of hydrogen-bond acceptors (Lipinski definition) is 4. The Bertz CT molecular complexity index is 109. The van der Waals surface area contributed by atoms with Gasteiger partial charge in [0.25, 0.3) is 0 Å². The molecule has 0 aliphatic carbocycles. The maximum atomic E-state index is 9.86. The molecule has 1 rings (SSSR count). The summed E-state index contributed by atoms with van der Waals surface area (Å²) in [5.74, 6) is 0. The molecular weight excluding hydrogens is 168 g/mol. The third-order valence-electron chi connectivity index (χ3n) is 1.73. The zero-order valence-corrected chi connectivity index (χ0v) is 8.29. The van der Waals surface area contributed by atoms with E-state index in [2.05, 4.69) is 5.32 Å². The highest BCUT2D eigenvalue weighted by atomic mass is 16.5. The fraction of sp³-hybridized carbons (Fsp3) is 0.889. The molecule has 0 aromatic rings. The van der Waals surface area contributed by atoms with E-state index in [1.807, 2.05) is 7.05 Å². The van der Waals surface area contributed by atoms with Crippen LogP contribution >= 0.6 is 0 Å². The first-order chi connectivity index (χ1) is 6.31. The van der Waals surface area contributed by atoms with Gasteiger partial charge >= 0.3 is 0 Å². The summed E-state index contributed by atoms with van der Waals surface area (Å²) in [6, 6.07) is -0.289. The monoisotopic (exact) mass is 188 g/mol. The van der Waals surface area contributed by atoms with Gasteiger partial charge in [0.15, 0.2) is 0 Å². The predicted octanol–water partition coefficient (Wildman–Crippen LogP) is -0.0811. The standard InChI is InChI=1S/C5H12N2O.C4H8O/c1-7-3-2-5(6)4-8;1-2-4-5-3-1/h4-5,7H,2-3,6H2,1H3;1-4H2. The second-order valence-corrected chi connectivity index (χ2v) is 3.01. The molecule has 0 aromatic heterocycles. The average molecular weight is 188 g/mol. The molecule has 0 spiro atoms. The van der Waals surface area contributed by atoms with Gasteiger partial charge in [0.05, 0.1) is 6.04 Å². The Hall–Kier alpha value is -0.450. The number of carbonyl (C=O) groups is 1. The molecule has 4 heteroatoms. The topological polar surface area (TPSA) is 64.3 Å². The number of aldehydes is 1. The highest BCUT2D eigenvalue weighted by Gasteiger charge is 1.95. The Morgan fingerprint density at radius 3 is 2.46 bits per heavy atom. The summed E-state index contributed by atoms with van der Waals surface area (Å²) in [6.07, 6.45) is 4.04. The largest absolute Gasteiger partial charge is 0.381 e. The van der Waals surface area contributed by atoms with Crippen molar-refractivity contribution in [1.29, 1.82) is 0 Å². The summed E-state index contributed by atoms with van der Waals surface area (Å²) in [6.45, 7) is 2.81. The molecule has 0 radical (unpaired) electrons. The Morgan fingerprint density at radius 2 is 2.15 bits per heavy atom. The molecule has 1 saturated heterocycles. The lowest BCUT2D eigenvalue weighted by Gasteiger charge is -1.99. The number of hydrogen-bond donors (Lipinski definition) is 2. The highest BCUT2D eigenvalue weighted by Crippen LogP contribution is 1.98. The smallest absolute Gasteiger partial charge is 0.136 e. The fourth-order valence-corrected chi connectivity index (χ4v) is 0.889. The van der Waals surface area contributed by atoms with Gasteiger partial charge in [-0.2, -0.15) is 0 Å². The molecule has 0 saturated carbocycles. The van der Waals surface area contributed by atoms with E-state index in [9.17, 15) is 4.79 Å². The van der Waals surface area contributed by atoms with Crippen molar-refractivity contribution in [3.8, 4) is 0 Å². The van der Waals surface area contributed by atoms with Crippen LogP contribution in [0.25, 0.3) is 0 Å². The number of carbonyl (C=O) groups excluding carboxylic acids is 1. The molecule has 1 unspecified atom stereocenters. The molecule has 1 atom stereocenters. The minimum Gasteiger partial charge on any atom is -0.381 e. The van der Waals surface area contributed by atoms with Crippen molar-refractivity contribution >= 4 is 6.29 Å². The van der Waals surface area contributed by atoms with Crippen molar-refractivity contribution < 1.29 is 9.53 Å². The maximum absolute atomic E-state index is 9.86. The van der Waals surface area contributed by atoms with Gasteiger partial charge in [-0.25, -0.2) is 0 Å². The molecule has 0 amide bonds. The van der Waals surface area contributed by atoms with Crippen LogP contribution < -0.4 is 11.1 Å². The van der Waals surface area contributed by atoms with Crippen molar-refractivity contribution in [2.24, 2.45) is 5.73 Å². The quantitative estimate of drug-likeness (QED) is 0.606. The van der Waals surface area contributed by atoms with Crippen LogP contribution in [0.4, 0.5) is 0 Å². The maximum Gasteiger partial charge on any atom is 0.136 e. The Balaban J connectivity index is 0.000000243. The summed E-state index contributed by atoms with van der Waals surface area (Å²) in [7, 11) is 1.83. The highest BCUT2D eigenvalue weighted by molar-refractivity contribution is 5.56. The van der Waals surface area contributed by atoms with Crippen molar-refractivity contribution in [3.63, 3.8) is 0 Å². The molecule has 78 valence electrons. The summed E-state index contributed by atoms with van der Waals surface area (Å²) in [4.78, 5) is 9.86. The lowest BCUT2D eigenvalue weighted by molar-refractivity contribution is -0.109. The molecule has 1 fully saturated rings. The SMILES string of the molecule is C1CCOC1.CNCCC(N)C=O. The van der Waals surface area contributed by atoms with Gasteiger partial charge in [-0.05, 0) is 32.9 Å². The molecule has 0 bridgehead atoms. The Kier molecular flexibility index (Phi) is 9.30. The Morgan fingerprint density at radius 1 is 1.54 bits per heavy atom. The molecule has 1 heterocycles. The van der Waals surface area contributed by atoms with Crippen LogP contribution in [0.15, 0.2) is 0 Å². The predicted molar refractivity (Wildman–Crippen MR) is 52.6 cm³/mol. The minimum atomic E-state index is -0.289. The number of ether oxygens (including phenoxy) is 1. The zero-order valence-electron chi connectivity index (χ0n) is 8.29. The van der Waals surface area contributed by atoms with E-state index in [4.69, 9.17) is 10.5 Å². The molecule has 1 aliphatic rings. The third kappa shape index (κ3) is 9.46. The van der Waals surface area contributed by atoms with E-state index in [0.29, 0.717) is 0 Å². The van der Waals surface area contributed by atoms with Crippen LogP contribution in [0.2, 0.25) is 0 Å². The first-order valence-corrected chi connectivity index (χ1v) is 4.74. The van der Waals surface area contributed by atoms with Crippen LogP contribution in [-0.4, -0.2) is 39.1 Å². The second-order valence-electron chi connectivity index (χ2n) is 3.01. The van der Waals surface area contributed by atoms with Crippen LogP contribution in [-0.2, 0) is 9.53 Å². The normalized spacial score (nSPS) is 17.4. The second kappa shape index (κ2) is 9.64. The first-order valence-electron chi connectivity index (χ1n) is 4.74.